The minimum atomic E-state index is -4.29. The minimum Gasteiger partial charge on any atom is -0.492 e. The first-order chi connectivity index (χ1) is 25.4. The molecule has 0 saturated carbocycles. The number of hydrogen-bond acceptors (Lipinski definition) is 7. The standard InChI is InChI=1S/C43H74NO7P/c1-3-5-7-9-11-13-15-17-19-21-22-24-26-28-30-32-34-36-43(45)49-40-42(41-51-52(46,47)50-39-37-44)48-38-35-33-31-29-27-25-23-20-18-16-14-12-10-8-6-4-2/h5,7,11,13,17-20,22,24,28,30,35,38,42H,3-4,6,8-10,12,14-16,21,23,25-27,29,31-34,36-37,39-41,44H2,1-2H3,(H,46,47). The first kappa shape index (κ1) is 49.5. The fourth-order valence-electron chi connectivity index (χ4n) is 4.89. The van der Waals surface area contributed by atoms with E-state index in [1.54, 1.807) is 6.26 Å². The van der Waals surface area contributed by atoms with Gasteiger partial charge in [0.15, 0.2) is 6.10 Å². The number of hydrogen-bond donors (Lipinski definition) is 2. The second kappa shape index (κ2) is 39.7. The maximum atomic E-state index is 12.4. The minimum absolute atomic E-state index is 0.0871. The normalized spacial score (nSPS) is 14.4. The summed E-state index contributed by atoms with van der Waals surface area (Å²) < 4.78 is 33.1. The van der Waals surface area contributed by atoms with E-state index >= 15 is 0 Å². The monoisotopic (exact) mass is 748 g/mol. The van der Waals surface area contributed by atoms with Crippen LogP contribution in [0.4, 0.5) is 0 Å². The topological polar surface area (TPSA) is 117 Å². The largest absolute Gasteiger partial charge is 0.492 e. The number of carbonyl (C=O) groups excluding carboxylic acids is 1. The molecule has 0 fully saturated rings. The van der Waals surface area contributed by atoms with Crippen molar-refractivity contribution in [2.45, 2.75) is 155 Å². The summed E-state index contributed by atoms with van der Waals surface area (Å²) in [6, 6.07) is 0. The molecule has 0 rings (SSSR count). The molecule has 9 heteroatoms. The van der Waals surface area contributed by atoms with Crippen LogP contribution in [0, 0.1) is 0 Å². The zero-order valence-electron chi connectivity index (χ0n) is 32.8. The Hall–Kier alpha value is -2.48. The molecule has 0 aliphatic carbocycles. The molecule has 0 aliphatic rings. The molecule has 0 bridgehead atoms. The van der Waals surface area contributed by atoms with E-state index in [-0.39, 0.29) is 38.8 Å². The molecule has 2 unspecified atom stereocenters. The van der Waals surface area contributed by atoms with Gasteiger partial charge in [0.25, 0.3) is 0 Å². The van der Waals surface area contributed by atoms with Gasteiger partial charge in [0.05, 0.1) is 19.5 Å². The maximum absolute atomic E-state index is 12.4. The Balaban J connectivity index is 4.26. The van der Waals surface area contributed by atoms with E-state index in [1.807, 2.05) is 6.08 Å². The Morgan fingerprint density at radius 1 is 0.615 bits per heavy atom. The molecule has 0 aromatic carbocycles. The molecular formula is C43H74NO7P. The summed E-state index contributed by atoms with van der Waals surface area (Å²) in [5, 5.41) is 0. The van der Waals surface area contributed by atoms with Crippen LogP contribution in [0.1, 0.15) is 149 Å². The lowest BCUT2D eigenvalue weighted by Gasteiger charge is -2.19. The maximum Gasteiger partial charge on any atom is 0.472 e. The second-order valence-corrected chi connectivity index (χ2v) is 14.3. The first-order valence-electron chi connectivity index (χ1n) is 20.1. The van der Waals surface area contributed by atoms with Gasteiger partial charge in [0.1, 0.15) is 6.61 Å². The van der Waals surface area contributed by atoms with Gasteiger partial charge >= 0.3 is 13.8 Å². The number of ether oxygens (including phenoxy) is 2. The Labute approximate surface area is 318 Å². The summed E-state index contributed by atoms with van der Waals surface area (Å²) in [4.78, 5) is 22.2. The molecule has 3 N–H and O–H groups in total. The third-order valence-corrected chi connectivity index (χ3v) is 8.87. The molecule has 0 amide bonds. The third-order valence-electron chi connectivity index (χ3n) is 7.89. The highest BCUT2D eigenvalue weighted by Crippen LogP contribution is 2.43. The van der Waals surface area contributed by atoms with Crippen LogP contribution in [0.25, 0.3) is 0 Å². The summed E-state index contributed by atoms with van der Waals surface area (Å²) in [5.41, 5.74) is 5.35. The van der Waals surface area contributed by atoms with E-state index in [0.29, 0.717) is 6.42 Å². The van der Waals surface area contributed by atoms with Crippen LogP contribution in [-0.4, -0.2) is 43.3 Å². The van der Waals surface area contributed by atoms with Crippen LogP contribution in [0.3, 0.4) is 0 Å². The molecule has 0 spiro atoms. The molecule has 0 aromatic heterocycles. The molecule has 0 heterocycles. The first-order valence-corrected chi connectivity index (χ1v) is 21.6. The van der Waals surface area contributed by atoms with Gasteiger partial charge in [-0.3, -0.25) is 13.8 Å². The van der Waals surface area contributed by atoms with Crippen molar-refractivity contribution in [2.75, 3.05) is 26.4 Å². The van der Waals surface area contributed by atoms with Crippen molar-refractivity contribution >= 4 is 13.8 Å². The number of carbonyl (C=O) groups is 1. The number of esters is 1. The predicted molar refractivity (Wildman–Crippen MR) is 219 cm³/mol. The van der Waals surface area contributed by atoms with E-state index in [0.717, 1.165) is 64.2 Å². The molecule has 0 aliphatic heterocycles. The van der Waals surface area contributed by atoms with Crippen molar-refractivity contribution in [1.82, 2.24) is 0 Å². The molecular weight excluding hydrogens is 673 g/mol. The number of nitrogens with two attached hydrogens (primary N) is 1. The van der Waals surface area contributed by atoms with Crippen LogP contribution in [0.15, 0.2) is 85.3 Å². The predicted octanol–water partition coefficient (Wildman–Crippen LogP) is 12.1. The Morgan fingerprint density at radius 2 is 1.10 bits per heavy atom. The molecule has 52 heavy (non-hydrogen) atoms. The van der Waals surface area contributed by atoms with Gasteiger partial charge in [-0.2, -0.15) is 0 Å². The van der Waals surface area contributed by atoms with Crippen LogP contribution >= 0.6 is 7.82 Å². The average molecular weight is 748 g/mol. The van der Waals surface area contributed by atoms with Gasteiger partial charge in [0, 0.05) is 13.0 Å². The molecule has 8 nitrogen and oxygen atoms in total. The molecule has 0 aromatic rings. The fraction of sp³-hybridized carbons (Fsp3) is 0.651. The number of unbranched alkanes of at least 4 members (excludes halogenated alkanes) is 12. The van der Waals surface area contributed by atoms with Gasteiger partial charge in [-0.25, -0.2) is 4.57 Å². The summed E-state index contributed by atoms with van der Waals surface area (Å²) in [7, 11) is -4.29. The Kier molecular flexibility index (Phi) is 37.8. The highest BCUT2D eigenvalue weighted by atomic mass is 31.2. The lowest BCUT2D eigenvalue weighted by atomic mass is 10.1. The highest BCUT2D eigenvalue weighted by molar-refractivity contribution is 7.47. The van der Waals surface area contributed by atoms with Gasteiger partial charge in [0.2, 0.25) is 0 Å². The van der Waals surface area contributed by atoms with Gasteiger partial charge in [-0.1, -0.05) is 132 Å². The molecule has 0 radical (unpaired) electrons. The summed E-state index contributed by atoms with van der Waals surface area (Å²) >= 11 is 0. The van der Waals surface area contributed by atoms with E-state index in [9.17, 15) is 14.3 Å². The SMILES string of the molecule is CCC=CCC=CCC=CCC=CCC=CCCCC(=O)OCC(COP(=O)(O)OCCN)OC=CCCCCCCC=CCCCCCCCC. The van der Waals surface area contributed by atoms with Crippen molar-refractivity contribution in [3.63, 3.8) is 0 Å². The zero-order chi connectivity index (χ0) is 38.1. The van der Waals surface area contributed by atoms with Crippen molar-refractivity contribution in [1.29, 1.82) is 0 Å². The summed E-state index contributed by atoms with van der Waals surface area (Å²) in [5.74, 6) is -0.353. The number of allylic oxidation sites excluding steroid dienone is 13. The number of phosphoric acid groups is 1. The molecule has 0 saturated heterocycles. The summed E-state index contributed by atoms with van der Waals surface area (Å²) in [6.07, 6.45) is 51.3. The van der Waals surface area contributed by atoms with Crippen molar-refractivity contribution in [3.05, 3.63) is 85.3 Å². The quantitative estimate of drug-likeness (QED) is 0.0212. The lowest BCUT2D eigenvalue weighted by molar-refractivity contribution is -0.147. The van der Waals surface area contributed by atoms with Crippen LogP contribution < -0.4 is 5.73 Å². The summed E-state index contributed by atoms with van der Waals surface area (Å²) in [6.45, 7) is 3.99. The molecule has 298 valence electrons. The fourth-order valence-corrected chi connectivity index (χ4v) is 5.66. The van der Waals surface area contributed by atoms with Crippen molar-refractivity contribution < 1.29 is 32.8 Å². The van der Waals surface area contributed by atoms with Crippen LogP contribution in [0.2, 0.25) is 0 Å². The van der Waals surface area contributed by atoms with Crippen LogP contribution in [-0.2, 0) is 27.9 Å². The number of phosphoric ester groups is 1. The zero-order valence-corrected chi connectivity index (χ0v) is 33.7. The van der Waals surface area contributed by atoms with Gasteiger partial charge in [-0.05, 0) is 89.5 Å². The smallest absolute Gasteiger partial charge is 0.472 e. The van der Waals surface area contributed by atoms with E-state index in [1.165, 1.54) is 57.8 Å². The van der Waals surface area contributed by atoms with E-state index in [2.05, 4.69) is 86.8 Å². The van der Waals surface area contributed by atoms with E-state index < -0.39 is 13.9 Å². The Morgan fingerprint density at radius 3 is 1.65 bits per heavy atom. The average Bonchev–Trinajstić information content (AvgIpc) is 3.14. The third kappa shape index (κ3) is 38.7. The van der Waals surface area contributed by atoms with E-state index in [4.69, 9.17) is 24.3 Å². The van der Waals surface area contributed by atoms with Crippen molar-refractivity contribution in [2.24, 2.45) is 5.73 Å². The number of rotatable bonds is 37. The van der Waals surface area contributed by atoms with Crippen LogP contribution in [0.5, 0.6) is 0 Å². The Bertz CT molecular complexity index is 1060. The second-order valence-electron chi connectivity index (χ2n) is 12.8. The van der Waals surface area contributed by atoms with Gasteiger partial charge in [-0.15, -0.1) is 0 Å². The highest BCUT2D eigenvalue weighted by Gasteiger charge is 2.24. The van der Waals surface area contributed by atoms with Crippen molar-refractivity contribution in [3.8, 4) is 0 Å². The molecule has 2 atom stereocenters. The van der Waals surface area contributed by atoms with Gasteiger partial charge < -0.3 is 20.1 Å². The lowest BCUT2D eigenvalue weighted by Crippen LogP contribution is -2.25.